The van der Waals surface area contributed by atoms with E-state index in [2.05, 4.69) is 44.0 Å². The maximum atomic E-state index is 9.39. The van der Waals surface area contributed by atoms with Gasteiger partial charge in [0, 0.05) is 18.6 Å². The predicted molar refractivity (Wildman–Crippen MR) is 73.9 cm³/mol. The van der Waals surface area contributed by atoms with E-state index in [9.17, 15) is 5.26 Å². The van der Waals surface area contributed by atoms with Crippen LogP contribution in [0.3, 0.4) is 0 Å². The van der Waals surface area contributed by atoms with Gasteiger partial charge in [-0.05, 0) is 46.6 Å². The molecule has 1 aliphatic heterocycles. The molecule has 0 unspecified atom stereocenters. The average molecular weight is 239 g/mol. The van der Waals surface area contributed by atoms with Crippen molar-refractivity contribution in [2.75, 3.05) is 19.6 Å². The topological polar surface area (TPSA) is 39.1 Å². The van der Waals surface area contributed by atoms with Gasteiger partial charge in [0.25, 0.3) is 0 Å². The fraction of sp³-hybridized carbons (Fsp3) is 0.929. The molecule has 0 amide bonds. The van der Waals surface area contributed by atoms with E-state index in [4.69, 9.17) is 0 Å². The van der Waals surface area contributed by atoms with Crippen molar-refractivity contribution in [3.05, 3.63) is 0 Å². The minimum atomic E-state index is -0.303. The number of likely N-dealkylation sites (tertiary alicyclic amines) is 1. The molecular weight excluding hydrogens is 210 g/mol. The highest BCUT2D eigenvalue weighted by Crippen LogP contribution is 2.24. The maximum absolute atomic E-state index is 9.39. The molecule has 0 bridgehead atoms. The molecule has 0 atom stereocenters. The van der Waals surface area contributed by atoms with Crippen LogP contribution in [0.15, 0.2) is 0 Å². The summed E-state index contributed by atoms with van der Waals surface area (Å²) in [5, 5.41) is 12.9. The molecule has 1 N–H and O–H groups in total. The van der Waals surface area contributed by atoms with Gasteiger partial charge in [-0.3, -0.25) is 5.32 Å². The first kappa shape index (κ1) is 16.4. The Hall–Kier alpha value is -0.590. The zero-order valence-electron chi connectivity index (χ0n) is 11.1. The van der Waals surface area contributed by atoms with Crippen LogP contribution in [0.2, 0.25) is 0 Å². The van der Waals surface area contributed by atoms with Crippen LogP contribution in [0.25, 0.3) is 0 Å². The van der Waals surface area contributed by atoms with Crippen molar-refractivity contribution in [2.45, 2.75) is 65.5 Å². The minimum Gasteiger partial charge on any atom is -0.303 e. The monoisotopic (exact) mass is 239 g/mol. The van der Waals surface area contributed by atoms with E-state index in [1.165, 1.54) is 6.42 Å². The van der Waals surface area contributed by atoms with Crippen LogP contribution in [-0.4, -0.2) is 35.6 Å². The lowest BCUT2D eigenvalue weighted by atomic mass is 9.86. The second kappa shape index (κ2) is 6.37. The van der Waals surface area contributed by atoms with Gasteiger partial charge in [0.05, 0.1) is 6.07 Å². The molecule has 0 aromatic rings. The summed E-state index contributed by atoms with van der Waals surface area (Å²) in [6, 6.07) is 2.50. The Morgan fingerprint density at radius 1 is 1.29 bits per heavy atom. The highest BCUT2D eigenvalue weighted by Gasteiger charge is 2.37. The molecule has 0 saturated carbocycles. The highest BCUT2D eigenvalue weighted by molar-refractivity contribution is 5.11. The molecule has 1 heterocycles. The fourth-order valence-electron chi connectivity index (χ4n) is 2.46. The Labute approximate surface area is 107 Å². The smallest absolute Gasteiger partial charge is 0.109 e. The lowest BCUT2D eigenvalue weighted by molar-refractivity contribution is 0.146. The summed E-state index contributed by atoms with van der Waals surface area (Å²) < 4.78 is 0. The Bertz CT molecular complexity index is 252. The number of piperidine rings is 1. The lowest BCUT2D eigenvalue weighted by Gasteiger charge is -2.41. The molecule has 1 saturated heterocycles. The van der Waals surface area contributed by atoms with Crippen molar-refractivity contribution in [2.24, 2.45) is 0 Å². The summed E-state index contributed by atoms with van der Waals surface area (Å²) in [6.07, 6.45) is 3.09. The van der Waals surface area contributed by atoms with Crippen molar-refractivity contribution in [1.82, 2.24) is 10.2 Å². The first-order valence-electron chi connectivity index (χ1n) is 6.34. The first-order chi connectivity index (χ1) is 7.41. The molecule has 0 radical (unpaired) electrons. The van der Waals surface area contributed by atoms with Gasteiger partial charge in [0.1, 0.15) is 5.54 Å². The zero-order chi connectivity index (χ0) is 12.2. The Morgan fingerprint density at radius 3 is 2.18 bits per heavy atom. The summed E-state index contributed by atoms with van der Waals surface area (Å²) >= 11 is 0. The molecule has 0 spiro atoms. The molecule has 17 heavy (non-hydrogen) atoms. The van der Waals surface area contributed by atoms with Crippen molar-refractivity contribution in [3.8, 4) is 6.07 Å². The van der Waals surface area contributed by atoms with E-state index in [0.29, 0.717) is 0 Å². The summed E-state index contributed by atoms with van der Waals surface area (Å²) in [4.78, 5) is 2.46. The van der Waals surface area contributed by atoms with Crippen LogP contribution in [0.5, 0.6) is 0 Å². The maximum Gasteiger partial charge on any atom is 0.109 e. The SMILES string of the molecule is C.CCCN1CCC(C#N)(NC(C)(C)C)CC1. The normalized spacial score (nSPS) is 20.4. The molecule has 3 heteroatoms. The summed E-state index contributed by atoms with van der Waals surface area (Å²) in [5.74, 6) is 0. The van der Waals surface area contributed by atoms with E-state index >= 15 is 0 Å². The van der Waals surface area contributed by atoms with E-state index in [1.807, 2.05) is 0 Å². The summed E-state index contributed by atoms with van der Waals surface area (Å²) in [5.41, 5.74) is -0.287. The third-order valence-corrected chi connectivity index (χ3v) is 3.08. The highest BCUT2D eigenvalue weighted by atomic mass is 15.2. The molecule has 3 nitrogen and oxygen atoms in total. The molecule has 1 fully saturated rings. The molecular formula is C14H29N3. The van der Waals surface area contributed by atoms with Gasteiger partial charge < -0.3 is 4.90 Å². The van der Waals surface area contributed by atoms with Gasteiger partial charge in [0.15, 0.2) is 0 Å². The summed E-state index contributed by atoms with van der Waals surface area (Å²) in [6.45, 7) is 11.9. The molecule has 0 aromatic heterocycles. The molecule has 1 rings (SSSR count). The Balaban J connectivity index is 0.00000256. The van der Waals surface area contributed by atoms with Crippen molar-refractivity contribution in [1.29, 1.82) is 5.26 Å². The van der Waals surface area contributed by atoms with Crippen LogP contribution in [0.4, 0.5) is 0 Å². The van der Waals surface area contributed by atoms with Crippen LogP contribution in [0.1, 0.15) is 54.4 Å². The summed E-state index contributed by atoms with van der Waals surface area (Å²) in [7, 11) is 0. The largest absolute Gasteiger partial charge is 0.303 e. The van der Waals surface area contributed by atoms with Gasteiger partial charge in [-0.1, -0.05) is 14.4 Å². The van der Waals surface area contributed by atoms with Crippen molar-refractivity contribution < 1.29 is 0 Å². The number of nitrogens with one attached hydrogen (secondary N) is 1. The van der Waals surface area contributed by atoms with E-state index < -0.39 is 0 Å². The molecule has 0 aliphatic carbocycles. The third-order valence-electron chi connectivity index (χ3n) is 3.08. The van der Waals surface area contributed by atoms with Crippen LogP contribution in [-0.2, 0) is 0 Å². The van der Waals surface area contributed by atoms with Gasteiger partial charge in [-0.2, -0.15) is 5.26 Å². The van der Waals surface area contributed by atoms with E-state index in [-0.39, 0.29) is 18.5 Å². The molecule has 0 aromatic carbocycles. The van der Waals surface area contributed by atoms with Gasteiger partial charge in [0.2, 0.25) is 0 Å². The number of hydrogen-bond donors (Lipinski definition) is 1. The predicted octanol–water partition coefficient (Wildman–Crippen LogP) is 2.78. The number of rotatable bonds is 3. The third kappa shape index (κ3) is 5.06. The Morgan fingerprint density at radius 2 is 1.82 bits per heavy atom. The lowest BCUT2D eigenvalue weighted by Crippen LogP contribution is -2.58. The average Bonchev–Trinajstić information content (AvgIpc) is 2.19. The number of hydrogen-bond acceptors (Lipinski definition) is 3. The van der Waals surface area contributed by atoms with E-state index in [1.54, 1.807) is 0 Å². The number of nitrogens with zero attached hydrogens (tertiary/aromatic N) is 2. The van der Waals surface area contributed by atoms with E-state index in [0.717, 1.165) is 32.5 Å². The second-order valence-electron chi connectivity index (χ2n) is 5.91. The Kier molecular flexibility index (Phi) is 6.15. The van der Waals surface area contributed by atoms with Gasteiger partial charge in [-0.25, -0.2) is 0 Å². The number of nitriles is 1. The minimum absolute atomic E-state index is 0. The fourth-order valence-corrected chi connectivity index (χ4v) is 2.46. The zero-order valence-corrected chi connectivity index (χ0v) is 11.1. The molecule has 100 valence electrons. The van der Waals surface area contributed by atoms with Crippen LogP contribution in [0, 0.1) is 11.3 Å². The standard InChI is InChI=1S/C13H25N3.CH4/c1-5-8-16-9-6-13(11-14,7-10-16)15-12(2,3)4;/h15H,5-10H2,1-4H3;1H4. The first-order valence-corrected chi connectivity index (χ1v) is 6.34. The van der Waals surface area contributed by atoms with Crippen LogP contribution < -0.4 is 5.32 Å². The van der Waals surface area contributed by atoms with Crippen molar-refractivity contribution >= 4 is 0 Å². The van der Waals surface area contributed by atoms with Gasteiger partial charge >= 0.3 is 0 Å². The van der Waals surface area contributed by atoms with Crippen molar-refractivity contribution in [3.63, 3.8) is 0 Å². The second-order valence-corrected chi connectivity index (χ2v) is 5.91. The quantitative estimate of drug-likeness (QED) is 0.823. The van der Waals surface area contributed by atoms with Gasteiger partial charge in [-0.15, -0.1) is 0 Å². The van der Waals surface area contributed by atoms with Crippen LogP contribution >= 0.6 is 0 Å². The molecule has 1 aliphatic rings.